The Bertz CT molecular complexity index is 377. The van der Waals surface area contributed by atoms with E-state index < -0.39 is 22.8 Å². The van der Waals surface area contributed by atoms with Gasteiger partial charge in [0.2, 0.25) is 0 Å². The fraction of sp³-hybridized carbons (Fsp3) is 0.538. The quantitative estimate of drug-likeness (QED) is 0.675. The standard InChI is InChI=1S/C13H14ClF3/c14-10(5-8-3-1-2-4-8)13-11(16)6-9(15)7-12(13)17/h6-8,10H,1-5H2. The minimum atomic E-state index is -0.909. The van der Waals surface area contributed by atoms with E-state index in [9.17, 15) is 13.2 Å². The van der Waals surface area contributed by atoms with Crippen LogP contribution < -0.4 is 0 Å². The van der Waals surface area contributed by atoms with Gasteiger partial charge in [-0.1, -0.05) is 25.7 Å². The average molecular weight is 263 g/mol. The second-order valence-electron chi connectivity index (χ2n) is 4.64. The van der Waals surface area contributed by atoms with Gasteiger partial charge in [-0.25, -0.2) is 13.2 Å². The van der Waals surface area contributed by atoms with Gasteiger partial charge in [-0.2, -0.15) is 0 Å². The predicted molar refractivity (Wildman–Crippen MR) is 61.5 cm³/mol. The molecule has 1 aliphatic carbocycles. The van der Waals surface area contributed by atoms with Gasteiger partial charge in [-0.15, -0.1) is 11.6 Å². The first-order valence-electron chi connectivity index (χ1n) is 5.86. The monoisotopic (exact) mass is 262 g/mol. The summed E-state index contributed by atoms with van der Waals surface area (Å²) in [5.74, 6) is -2.25. The molecule has 0 bridgehead atoms. The van der Waals surface area contributed by atoms with Crippen LogP contribution in [0.15, 0.2) is 12.1 Å². The van der Waals surface area contributed by atoms with Crippen LogP contribution in [0.3, 0.4) is 0 Å². The van der Waals surface area contributed by atoms with Gasteiger partial charge in [0.15, 0.2) is 0 Å². The first-order valence-corrected chi connectivity index (χ1v) is 6.30. The highest BCUT2D eigenvalue weighted by atomic mass is 35.5. The zero-order chi connectivity index (χ0) is 12.4. The Labute approximate surface area is 104 Å². The molecule has 0 radical (unpaired) electrons. The lowest BCUT2D eigenvalue weighted by Crippen LogP contribution is -2.05. The van der Waals surface area contributed by atoms with Crippen molar-refractivity contribution in [2.75, 3.05) is 0 Å². The number of benzene rings is 1. The van der Waals surface area contributed by atoms with Crippen LogP contribution in [0.25, 0.3) is 0 Å². The van der Waals surface area contributed by atoms with Gasteiger partial charge >= 0.3 is 0 Å². The van der Waals surface area contributed by atoms with E-state index in [2.05, 4.69) is 0 Å². The van der Waals surface area contributed by atoms with E-state index in [1.54, 1.807) is 0 Å². The number of hydrogen-bond acceptors (Lipinski definition) is 0. The Balaban J connectivity index is 2.15. The minimum absolute atomic E-state index is 0.194. The summed E-state index contributed by atoms with van der Waals surface area (Å²) >= 11 is 6.05. The van der Waals surface area contributed by atoms with Crippen molar-refractivity contribution in [3.8, 4) is 0 Å². The lowest BCUT2D eigenvalue weighted by atomic mass is 9.97. The van der Waals surface area contributed by atoms with Crippen molar-refractivity contribution in [3.05, 3.63) is 35.1 Å². The van der Waals surface area contributed by atoms with E-state index in [1.807, 2.05) is 0 Å². The molecule has 1 aromatic carbocycles. The Morgan fingerprint density at radius 3 is 2.18 bits per heavy atom. The van der Waals surface area contributed by atoms with E-state index in [1.165, 1.54) is 0 Å². The number of halogens is 4. The molecule has 2 rings (SSSR count). The van der Waals surface area contributed by atoms with Crippen LogP contribution in [-0.4, -0.2) is 0 Å². The van der Waals surface area contributed by atoms with Crippen molar-refractivity contribution < 1.29 is 13.2 Å². The van der Waals surface area contributed by atoms with Gasteiger partial charge in [-0.05, 0) is 12.3 Å². The maximum atomic E-state index is 13.5. The van der Waals surface area contributed by atoms with E-state index in [-0.39, 0.29) is 5.56 Å². The van der Waals surface area contributed by atoms with Gasteiger partial charge in [-0.3, -0.25) is 0 Å². The third-order valence-electron chi connectivity index (χ3n) is 3.37. The molecule has 0 heterocycles. The summed E-state index contributed by atoms with van der Waals surface area (Å²) in [6, 6.07) is 1.37. The third kappa shape index (κ3) is 2.95. The molecule has 0 saturated heterocycles. The lowest BCUT2D eigenvalue weighted by molar-refractivity contribution is 0.466. The predicted octanol–water partition coefficient (Wildman–Crippen LogP) is 4.96. The second-order valence-corrected chi connectivity index (χ2v) is 5.16. The molecule has 1 aliphatic rings. The van der Waals surface area contributed by atoms with E-state index in [0.29, 0.717) is 24.5 Å². The molecule has 0 aromatic heterocycles. The molecule has 94 valence electrons. The highest BCUT2D eigenvalue weighted by molar-refractivity contribution is 6.20. The molecule has 17 heavy (non-hydrogen) atoms. The van der Waals surface area contributed by atoms with Crippen molar-refractivity contribution in [3.63, 3.8) is 0 Å². The van der Waals surface area contributed by atoms with Gasteiger partial charge in [0.05, 0.1) is 5.38 Å². The van der Waals surface area contributed by atoms with Crippen LogP contribution in [0, 0.1) is 23.4 Å². The molecule has 0 nitrogen and oxygen atoms in total. The second kappa shape index (κ2) is 5.30. The lowest BCUT2D eigenvalue weighted by Gasteiger charge is -2.16. The van der Waals surface area contributed by atoms with Crippen molar-refractivity contribution >= 4 is 11.6 Å². The Morgan fingerprint density at radius 1 is 1.12 bits per heavy atom. The number of hydrogen-bond donors (Lipinski definition) is 0. The largest absolute Gasteiger partial charge is 0.207 e. The molecule has 1 atom stereocenters. The van der Waals surface area contributed by atoms with Crippen molar-refractivity contribution in [2.45, 2.75) is 37.5 Å². The zero-order valence-electron chi connectivity index (χ0n) is 9.36. The molecule has 0 spiro atoms. The Morgan fingerprint density at radius 2 is 1.65 bits per heavy atom. The first kappa shape index (κ1) is 12.7. The highest BCUT2D eigenvalue weighted by Crippen LogP contribution is 2.38. The van der Waals surface area contributed by atoms with Crippen LogP contribution in [0.2, 0.25) is 0 Å². The fourth-order valence-corrected chi connectivity index (χ4v) is 2.97. The molecule has 0 amide bonds. The average Bonchev–Trinajstić information content (AvgIpc) is 2.68. The fourth-order valence-electron chi connectivity index (χ4n) is 2.51. The molecule has 1 aromatic rings. The molecular formula is C13H14ClF3. The molecular weight excluding hydrogens is 249 g/mol. The molecule has 1 unspecified atom stereocenters. The highest BCUT2D eigenvalue weighted by Gasteiger charge is 2.24. The molecule has 0 N–H and O–H groups in total. The van der Waals surface area contributed by atoms with Gasteiger partial charge in [0.1, 0.15) is 17.5 Å². The van der Waals surface area contributed by atoms with Crippen LogP contribution in [-0.2, 0) is 0 Å². The summed E-state index contributed by atoms with van der Waals surface area (Å²) in [6.45, 7) is 0. The maximum Gasteiger partial charge on any atom is 0.133 e. The normalized spacial score (nSPS) is 18.6. The van der Waals surface area contributed by atoms with Gasteiger partial charge in [0, 0.05) is 17.7 Å². The van der Waals surface area contributed by atoms with Gasteiger partial charge < -0.3 is 0 Å². The van der Waals surface area contributed by atoms with Gasteiger partial charge in [0.25, 0.3) is 0 Å². The van der Waals surface area contributed by atoms with Crippen molar-refractivity contribution in [1.29, 1.82) is 0 Å². The van der Waals surface area contributed by atoms with Crippen LogP contribution in [0.4, 0.5) is 13.2 Å². The Hall–Kier alpha value is -0.700. The topological polar surface area (TPSA) is 0 Å². The summed E-state index contributed by atoms with van der Waals surface area (Å²) in [5.41, 5.74) is -0.194. The van der Waals surface area contributed by atoms with E-state index in [4.69, 9.17) is 11.6 Å². The molecule has 4 heteroatoms. The summed E-state index contributed by atoms with van der Waals surface area (Å²) in [5, 5.41) is -0.710. The molecule has 1 saturated carbocycles. The summed E-state index contributed by atoms with van der Waals surface area (Å²) < 4.78 is 39.7. The summed E-state index contributed by atoms with van der Waals surface area (Å²) in [6.07, 6.45) is 4.99. The van der Waals surface area contributed by atoms with Crippen LogP contribution in [0.5, 0.6) is 0 Å². The SMILES string of the molecule is Fc1cc(F)c(C(Cl)CC2CCCC2)c(F)c1. The number of alkyl halides is 1. The van der Waals surface area contributed by atoms with Crippen LogP contribution >= 0.6 is 11.6 Å². The Kier molecular flexibility index (Phi) is 3.97. The van der Waals surface area contributed by atoms with Crippen molar-refractivity contribution in [2.24, 2.45) is 5.92 Å². The minimum Gasteiger partial charge on any atom is -0.207 e. The smallest absolute Gasteiger partial charge is 0.133 e. The summed E-state index contributed by atoms with van der Waals surface area (Å²) in [7, 11) is 0. The molecule has 1 fully saturated rings. The first-order chi connectivity index (χ1) is 8.08. The van der Waals surface area contributed by atoms with Crippen LogP contribution in [0.1, 0.15) is 43.0 Å². The van der Waals surface area contributed by atoms with Crippen molar-refractivity contribution in [1.82, 2.24) is 0 Å². The third-order valence-corrected chi connectivity index (χ3v) is 3.77. The zero-order valence-corrected chi connectivity index (χ0v) is 10.1. The maximum absolute atomic E-state index is 13.5. The van der Waals surface area contributed by atoms with E-state index in [0.717, 1.165) is 25.7 Å². The molecule has 0 aliphatic heterocycles. The number of rotatable bonds is 3. The summed E-state index contributed by atoms with van der Waals surface area (Å²) in [4.78, 5) is 0. The van der Waals surface area contributed by atoms with E-state index >= 15 is 0 Å².